The minimum Gasteiger partial charge on any atom is -0.387 e. The summed E-state index contributed by atoms with van der Waals surface area (Å²) in [6, 6.07) is 1.91. The van der Waals surface area contributed by atoms with Gasteiger partial charge in [-0.25, -0.2) is 9.97 Å². The highest BCUT2D eigenvalue weighted by atomic mass is 35.5. The van der Waals surface area contributed by atoms with Crippen molar-refractivity contribution in [1.82, 2.24) is 9.97 Å². The number of nitrogens with zero attached hydrogens (tertiary/aromatic N) is 2. The quantitative estimate of drug-likeness (QED) is 0.832. The molecule has 0 aromatic carbocycles. The van der Waals surface area contributed by atoms with Crippen LogP contribution in [-0.4, -0.2) is 21.6 Å². The molecule has 2 aromatic heterocycles. The first-order chi connectivity index (χ1) is 9.11. The number of halogens is 1. The second-order valence-electron chi connectivity index (χ2n) is 4.21. The van der Waals surface area contributed by atoms with E-state index < -0.39 is 6.10 Å². The summed E-state index contributed by atoms with van der Waals surface area (Å²) in [5.74, 6) is 1.38. The maximum Gasteiger partial charge on any atom is 0.137 e. The molecule has 0 aliphatic carbocycles. The van der Waals surface area contributed by atoms with Crippen molar-refractivity contribution in [1.29, 1.82) is 0 Å². The van der Waals surface area contributed by atoms with Gasteiger partial charge in [-0.3, -0.25) is 0 Å². The molecule has 19 heavy (non-hydrogen) atoms. The van der Waals surface area contributed by atoms with Gasteiger partial charge in [0.15, 0.2) is 0 Å². The van der Waals surface area contributed by atoms with E-state index in [1.165, 1.54) is 0 Å². The summed E-state index contributed by atoms with van der Waals surface area (Å²) in [5.41, 5.74) is 1.71. The predicted molar refractivity (Wildman–Crippen MR) is 78.9 cm³/mol. The fourth-order valence-corrected chi connectivity index (χ4v) is 2.53. The predicted octanol–water partition coefficient (Wildman–Crippen LogP) is 3.21. The lowest BCUT2D eigenvalue weighted by Gasteiger charge is -2.14. The zero-order valence-corrected chi connectivity index (χ0v) is 12.4. The number of aromatic nitrogens is 2. The van der Waals surface area contributed by atoms with Crippen LogP contribution in [0, 0.1) is 6.92 Å². The normalized spacial score (nSPS) is 12.4. The number of hydrogen-bond acceptors (Lipinski definition) is 5. The van der Waals surface area contributed by atoms with Crippen LogP contribution in [0.1, 0.15) is 30.0 Å². The van der Waals surface area contributed by atoms with Crippen LogP contribution < -0.4 is 5.32 Å². The van der Waals surface area contributed by atoms with Crippen molar-refractivity contribution >= 4 is 28.8 Å². The van der Waals surface area contributed by atoms with E-state index in [1.54, 1.807) is 11.3 Å². The highest BCUT2D eigenvalue weighted by Crippen LogP contribution is 2.22. The van der Waals surface area contributed by atoms with Gasteiger partial charge in [0.2, 0.25) is 0 Å². The number of anilines is 1. The SMILES string of the molecule is CCc1nc(Cl)c(C)c(NCC(O)c2ccsc2)n1. The Balaban J connectivity index is 2.09. The minimum atomic E-state index is -0.551. The average molecular weight is 298 g/mol. The van der Waals surface area contributed by atoms with Gasteiger partial charge in [-0.2, -0.15) is 11.3 Å². The Bertz CT molecular complexity index is 545. The Morgan fingerprint density at radius 2 is 2.26 bits per heavy atom. The van der Waals surface area contributed by atoms with Gasteiger partial charge >= 0.3 is 0 Å². The van der Waals surface area contributed by atoms with Crippen LogP contribution in [0.2, 0.25) is 5.15 Å². The number of aliphatic hydroxyl groups is 1. The van der Waals surface area contributed by atoms with Crippen molar-refractivity contribution in [3.05, 3.63) is 38.9 Å². The van der Waals surface area contributed by atoms with Gasteiger partial charge in [-0.1, -0.05) is 18.5 Å². The summed E-state index contributed by atoms with van der Waals surface area (Å²) in [7, 11) is 0. The van der Waals surface area contributed by atoms with E-state index in [1.807, 2.05) is 30.7 Å². The molecule has 102 valence electrons. The largest absolute Gasteiger partial charge is 0.387 e. The van der Waals surface area contributed by atoms with Crippen molar-refractivity contribution in [2.75, 3.05) is 11.9 Å². The van der Waals surface area contributed by atoms with E-state index in [9.17, 15) is 5.11 Å². The highest BCUT2D eigenvalue weighted by molar-refractivity contribution is 7.07. The number of hydrogen-bond donors (Lipinski definition) is 2. The molecule has 0 spiro atoms. The molecule has 0 saturated heterocycles. The molecule has 1 unspecified atom stereocenters. The van der Waals surface area contributed by atoms with Crippen LogP contribution in [0.15, 0.2) is 16.8 Å². The molecular formula is C13H16ClN3OS. The van der Waals surface area contributed by atoms with Gasteiger partial charge < -0.3 is 10.4 Å². The van der Waals surface area contributed by atoms with Crippen molar-refractivity contribution in [2.45, 2.75) is 26.4 Å². The van der Waals surface area contributed by atoms with Gasteiger partial charge in [-0.05, 0) is 29.3 Å². The van der Waals surface area contributed by atoms with Crippen molar-refractivity contribution in [3.63, 3.8) is 0 Å². The molecule has 4 nitrogen and oxygen atoms in total. The molecule has 0 aliphatic heterocycles. The third-order valence-electron chi connectivity index (χ3n) is 2.84. The third-order valence-corrected chi connectivity index (χ3v) is 3.91. The Hall–Kier alpha value is -1.17. The topological polar surface area (TPSA) is 58.0 Å². The maximum absolute atomic E-state index is 10.0. The van der Waals surface area contributed by atoms with Crippen LogP contribution in [0.4, 0.5) is 5.82 Å². The monoisotopic (exact) mass is 297 g/mol. The Morgan fingerprint density at radius 1 is 1.47 bits per heavy atom. The van der Waals surface area contributed by atoms with Gasteiger partial charge in [0, 0.05) is 18.5 Å². The molecule has 0 amide bonds. The highest BCUT2D eigenvalue weighted by Gasteiger charge is 2.11. The molecule has 2 rings (SSSR count). The van der Waals surface area contributed by atoms with Crippen LogP contribution in [0.3, 0.4) is 0 Å². The Labute approximate surface area is 121 Å². The first-order valence-corrected chi connectivity index (χ1v) is 7.41. The van der Waals surface area contributed by atoms with E-state index in [2.05, 4.69) is 15.3 Å². The summed E-state index contributed by atoms with van der Waals surface area (Å²) >= 11 is 7.63. The molecule has 0 bridgehead atoms. The molecule has 6 heteroatoms. The second kappa shape index (κ2) is 6.32. The van der Waals surface area contributed by atoms with Crippen LogP contribution in [0.25, 0.3) is 0 Å². The van der Waals surface area contributed by atoms with Crippen LogP contribution >= 0.6 is 22.9 Å². The summed E-state index contributed by atoms with van der Waals surface area (Å²) in [6.45, 7) is 4.24. The summed E-state index contributed by atoms with van der Waals surface area (Å²) in [6.07, 6.45) is 0.173. The number of nitrogens with one attached hydrogen (secondary N) is 1. The molecule has 2 aromatic rings. The van der Waals surface area contributed by atoms with Crippen LogP contribution in [-0.2, 0) is 6.42 Å². The molecule has 2 N–H and O–H groups in total. The lowest BCUT2D eigenvalue weighted by Crippen LogP contribution is -2.14. The smallest absolute Gasteiger partial charge is 0.137 e. The number of thiophene rings is 1. The fraction of sp³-hybridized carbons (Fsp3) is 0.385. The molecular weight excluding hydrogens is 282 g/mol. The van der Waals surface area contributed by atoms with Gasteiger partial charge in [0.1, 0.15) is 16.8 Å². The van der Waals surface area contributed by atoms with E-state index in [0.29, 0.717) is 23.3 Å². The van der Waals surface area contributed by atoms with E-state index in [4.69, 9.17) is 11.6 Å². The second-order valence-corrected chi connectivity index (χ2v) is 5.35. The maximum atomic E-state index is 10.0. The average Bonchev–Trinajstić information content (AvgIpc) is 2.94. The lowest BCUT2D eigenvalue weighted by atomic mass is 10.2. The number of aliphatic hydroxyl groups excluding tert-OH is 1. The van der Waals surface area contributed by atoms with E-state index >= 15 is 0 Å². The zero-order chi connectivity index (χ0) is 13.8. The first-order valence-electron chi connectivity index (χ1n) is 6.08. The minimum absolute atomic E-state index is 0.397. The van der Waals surface area contributed by atoms with Crippen molar-refractivity contribution < 1.29 is 5.11 Å². The molecule has 0 fully saturated rings. The van der Waals surface area contributed by atoms with E-state index in [0.717, 1.165) is 17.5 Å². The first kappa shape index (κ1) is 14.2. The number of aryl methyl sites for hydroxylation is 1. The fourth-order valence-electron chi connectivity index (χ4n) is 1.64. The molecule has 2 heterocycles. The van der Waals surface area contributed by atoms with Gasteiger partial charge in [0.05, 0.1) is 6.10 Å². The summed E-state index contributed by atoms with van der Waals surface area (Å²) in [4.78, 5) is 8.57. The molecule has 1 atom stereocenters. The van der Waals surface area contributed by atoms with Crippen molar-refractivity contribution in [2.24, 2.45) is 0 Å². The third kappa shape index (κ3) is 3.43. The number of rotatable bonds is 5. The summed E-state index contributed by atoms with van der Waals surface area (Å²) in [5, 5.41) is 17.5. The molecule has 0 aliphatic rings. The molecule has 0 saturated carbocycles. The lowest BCUT2D eigenvalue weighted by molar-refractivity contribution is 0.192. The molecule has 0 radical (unpaired) electrons. The van der Waals surface area contributed by atoms with Crippen molar-refractivity contribution in [3.8, 4) is 0 Å². The van der Waals surface area contributed by atoms with Crippen LogP contribution in [0.5, 0.6) is 0 Å². The standard InChI is InChI=1S/C13H16ClN3OS/c1-3-11-16-12(14)8(2)13(17-11)15-6-10(18)9-4-5-19-7-9/h4-5,7,10,18H,3,6H2,1-2H3,(H,15,16,17). The van der Waals surface area contributed by atoms with Gasteiger partial charge in [0.25, 0.3) is 0 Å². The van der Waals surface area contributed by atoms with E-state index in [-0.39, 0.29) is 0 Å². The summed E-state index contributed by atoms with van der Waals surface area (Å²) < 4.78 is 0. The Morgan fingerprint density at radius 3 is 2.89 bits per heavy atom. The van der Waals surface area contributed by atoms with Gasteiger partial charge in [-0.15, -0.1) is 0 Å². The zero-order valence-electron chi connectivity index (χ0n) is 10.9. The Kier molecular flexibility index (Phi) is 4.74.